The molecule has 3 heterocycles. The number of hydrogen-bond donors (Lipinski definition) is 1. The molecule has 3 fully saturated rings. The Morgan fingerprint density at radius 2 is 1.85 bits per heavy atom. The van der Waals surface area contributed by atoms with E-state index in [4.69, 9.17) is 9.47 Å². The lowest BCUT2D eigenvalue weighted by Gasteiger charge is -2.23. The van der Waals surface area contributed by atoms with Crippen LogP contribution in [0.1, 0.15) is 29.6 Å². The van der Waals surface area contributed by atoms with Gasteiger partial charge in [-0.3, -0.25) is 9.59 Å². The molecule has 3 atom stereocenters. The van der Waals surface area contributed by atoms with Crippen LogP contribution >= 0.6 is 0 Å². The number of benzene rings is 1. The van der Waals surface area contributed by atoms with Crippen molar-refractivity contribution in [3.05, 3.63) is 35.9 Å². The number of likely N-dealkylation sites (tertiary alicyclic amines) is 1. The van der Waals surface area contributed by atoms with Gasteiger partial charge in [-0.05, 0) is 37.3 Å². The highest BCUT2D eigenvalue weighted by atomic mass is 16.5. The summed E-state index contributed by atoms with van der Waals surface area (Å²) >= 11 is 0. The van der Waals surface area contributed by atoms with E-state index in [1.54, 1.807) is 0 Å². The lowest BCUT2D eigenvalue weighted by atomic mass is 9.98. The number of nitrogens with one attached hydrogen (secondary N) is 1. The first-order valence-electron chi connectivity index (χ1n) is 9.57. The van der Waals surface area contributed by atoms with Crippen LogP contribution in [0.5, 0.6) is 0 Å². The van der Waals surface area contributed by atoms with Crippen molar-refractivity contribution < 1.29 is 19.1 Å². The molecule has 6 heteroatoms. The first-order chi connectivity index (χ1) is 12.7. The summed E-state index contributed by atoms with van der Waals surface area (Å²) in [5.74, 6) is 0.203. The van der Waals surface area contributed by atoms with Gasteiger partial charge >= 0.3 is 0 Å². The molecule has 3 aliphatic rings. The highest BCUT2D eigenvalue weighted by Gasteiger charge is 2.50. The predicted molar refractivity (Wildman–Crippen MR) is 95.7 cm³/mol. The molecule has 1 N–H and O–H groups in total. The van der Waals surface area contributed by atoms with E-state index >= 15 is 0 Å². The van der Waals surface area contributed by atoms with E-state index in [0.717, 1.165) is 32.5 Å². The third-order valence-corrected chi connectivity index (χ3v) is 5.82. The number of carbonyl (C=O) groups is 2. The fourth-order valence-corrected chi connectivity index (χ4v) is 4.31. The van der Waals surface area contributed by atoms with E-state index in [1.807, 2.05) is 35.2 Å². The van der Waals surface area contributed by atoms with E-state index in [9.17, 15) is 9.59 Å². The van der Waals surface area contributed by atoms with Gasteiger partial charge in [0.05, 0.1) is 18.1 Å². The third-order valence-electron chi connectivity index (χ3n) is 5.82. The number of nitrogens with zero attached hydrogens (tertiary/aromatic N) is 1. The van der Waals surface area contributed by atoms with Gasteiger partial charge < -0.3 is 19.7 Å². The minimum Gasteiger partial charge on any atom is -0.381 e. The lowest BCUT2D eigenvalue weighted by molar-refractivity contribution is -0.128. The van der Waals surface area contributed by atoms with Crippen molar-refractivity contribution in [1.29, 1.82) is 0 Å². The van der Waals surface area contributed by atoms with Crippen LogP contribution in [0.15, 0.2) is 30.3 Å². The number of carbonyl (C=O) groups excluding carboxylic acids is 2. The van der Waals surface area contributed by atoms with Gasteiger partial charge in [0.25, 0.3) is 5.91 Å². The van der Waals surface area contributed by atoms with Crippen LogP contribution in [0.2, 0.25) is 0 Å². The molecule has 26 heavy (non-hydrogen) atoms. The highest BCUT2D eigenvalue weighted by molar-refractivity contribution is 5.95. The maximum absolute atomic E-state index is 12.9. The van der Waals surface area contributed by atoms with Crippen molar-refractivity contribution >= 4 is 11.8 Å². The maximum Gasteiger partial charge on any atom is 0.254 e. The number of fused-ring (bicyclic) bond motifs is 1. The molecule has 1 aromatic carbocycles. The summed E-state index contributed by atoms with van der Waals surface area (Å²) in [6.07, 6.45) is 2.60. The van der Waals surface area contributed by atoms with Crippen molar-refractivity contribution in [3.8, 4) is 0 Å². The summed E-state index contributed by atoms with van der Waals surface area (Å²) < 4.78 is 11.2. The predicted octanol–water partition coefficient (Wildman–Crippen LogP) is 1.46. The first-order valence-corrected chi connectivity index (χ1v) is 9.57. The van der Waals surface area contributed by atoms with Crippen LogP contribution in [-0.4, -0.2) is 61.8 Å². The quantitative estimate of drug-likeness (QED) is 0.885. The largest absolute Gasteiger partial charge is 0.381 e. The summed E-state index contributed by atoms with van der Waals surface area (Å²) in [5, 5.41) is 3.09. The van der Waals surface area contributed by atoms with Gasteiger partial charge in [0.15, 0.2) is 0 Å². The van der Waals surface area contributed by atoms with Crippen LogP contribution in [0.3, 0.4) is 0 Å². The van der Waals surface area contributed by atoms with E-state index in [0.29, 0.717) is 31.2 Å². The lowest BCUT2D eigenvalue weighted by Crippen LogP contribution is -2.40. The summed E-state index contributed by atoms with van der Waals surface area (Å²) in [6, 6.07) is 9.28. The Labute approximate surface area is 153 Å². The van der Waals surface area contributed by atoms with Crippen molar-refractivity contribution in [2.24, 2.45) is 11.8 Å². The molecule has 1 aromatic rings. The third kappa shape index (κ3) is 3.48. The van der Waals surface area contributed by atoms with Gasteiger partial charge in [-0.25, -0.2) is 0 Å². The minimum atomic E-state index is -0.282. The molecule has 4 rings (SSSR count). The normalized spacial score (nSPS) is 28.8. The smallest absolute Gasteiger partial charge is 0.254 e. The Balaban J connectivity index is 1.41. The average Bonchev–Trinajstić information content (AvgIpc) is 3.30. The van der Waals surface area contributed by atoms with Crippen LogP contribution in [-0.2, 0) is 14.3 Å². The molecule has 0 unspecified atom stereocenters. The number of rotatable bonds is 4. The molecule has 0 radical (unpaired) electrons. The first kappa shape index (κ1) is 17.5. The van der Waals surface area contributed by atoms with Crippen molar-refractivity contribution in [2.45, 2.75) is 31.4 Å². The summed E-state index contributed by atoms with van der Waals surface area (Å²) in [7, 11) is 0. The van der Waals surface area contributed by atoms with Crippen molar-refractivity contribution in [2.75, 3.05) is 32.9 Å². The molecule has 3 saturated heterocycles. The number of hydrogen-bond acceptors (Lipinski definition) is 4. The average molecular weight is 358 g/mol. The SMILES string of the molecule is O=C(NCC1CCOCC1)[C@@H]1CN(C(=O)c2ccccc2)[C@H]2CCO[C@H]12. The molecule has 6 nitrogen and oxygen atoms in total. The van der Waals surface area contributed by atoms with Gasteiger partial charge in [0.1, 0.15) is 0 Å². The molecule has 0 aliphatic carbocycles. The summed E-state index contributed by atoms with van der Waals surface area (Å²) in [5.41, 5.74) is 0.668. The monoisotopic (exact) mass is 358 g/mol. The Kier molecular flexibility index (Phi) is 5.22. The second-order valence-corrected chi connectivity index (χ2v) is 7.42. The highest BCUT2D eigenvalue weighted by Crippen LogP contribution is 2.34. The molecular formula is C20H26N2O4. The van der Waals surface area contributed by atoms with Crippen molar-refractivity contribution in [1.82, 2.24) is 10.2 Å². The Morgan fingerprint density at radius 1 is 1.08 bits per heavy atom. The van der Waals surface area contributed by atoms with Crippen LogP contribution in [0.4, 0.5) is 0 Å². The zero-order valence-corrected chi connectivity index (χ0v) is 14.9. The van der Waals surface area contributed by atoms with E-state index in [-0.39, 0.29) is 29.9 Å². The second-order valence-electron chi connectivity index (χ2n) is 7.42. The Morgan fingerprint density at radius 3 is 2.62 bits per heavy atom. The molecule has 0 aromatic heterocycles. The second kappa shape index (κ2) is 7.76. The zero-order valence-electron chi connectivity index (χ0n) is 14.9. The topological polar surface area (TPSA) is 67.9 Å². The molecule has 0 bridgehead atoms. The molecular weight excluding hydrogens is 332 g/mol. The minimum absolute atomic E-state index is 0.00142. The van der Waals surface area contributed by atoms with E-state index < -0.39 is 0 Å². The number of ether oxygens (including phenoxy) is 2. The van der Waals surface area contributed by atoms with Gasteiger partial charge in [0, 0.05) is 38.5 Å². The molecule has 140 valence electrons. The molecule has 0 saturated carbocycles. The summed E-state index contributed by atoms with van der Waals surface area (Å²) in [4.78, 5) is 27.5. The fraction of sp³-hybridized carbons (Fsp3) is 0.600. The van der Waals surface area contributed by atoms with Gasteiger partial charge in [-0.1, -0.05) is 18.2 Å². The van der Waals surface area contributed by atoms with Gasteiger partial charge in [-0.15, -0.1) is 0 Å². The van der Waals surface area contributed by atoms with Gasteiger partial charge in [-0.2, -0.15) is 0 Å². The Bertz CT molecular complexity index is 644. The maximum atomic E-state index is 12.9. The van der Waals surface area contributed by atoms with Crippen LogP contribution in [0, 0.1) is 11.8 Å². The van der Waals surface area contributed by atoms with Gasteiger partial charge in [0.2, 0.25) is 5.91 Å². The molecule has 3 aliphatic heterocycles. The summed E-state index contributed by atoms with van der Waals surface area (Å²) in [6.45, 7) is 3.28. The van der Waals surface area contributed by atoms with Crippen LogP contribution in [0.25, 0.3) is 0 Å². The molecule has 0 spiro atoms. The van der Waals surface area contributed by atoms with E-state index in [2.05, 4.69) is 5.32 Å². The fourth-order valence-electron chi connectivity index (χ4n) is 4.31. The number of amides is 2. The van der Waals surface area contributed by atoms with Crippen LogP contribution < -0.4 is 5.32 Å². The Hall–Kier alpha value is -1.92. The molecule has 2 amide bonds. The zero-order chi connectivity index (χ0) is 17.9. The van der Waals surface area contributed by atoms with E-state index in [1.165, 1.54) is 0 Å². The van der Waals surface area contributed by atoms with Crippen molar-refractivity contribution in [3.63, 3.8) is 0 Å². The standard InChI is InChI=1S/C20H26N2O4/c23-19(21-12-14-6-9-25-10-7-14)16-13-22(17-8-11-26-18(16)17)20(24)15-4-2-1-3-5-15/h1-5,14,16-18H,6-13H2,(H,21,23)/t16-,17+,18-/m1/s1.